The number of anilines is 3. The van der Waals surface area contributed by atoms with Gasteiger partial charge >= 0.3 is 5.97 Å². The molecule has 0 unspecified atom stereocenters. The summed E-state index contributed by atoms with van der Waals surface area (Å²) in [5.74, 6) is -0.934. The van der Waals surface area contributed by atoms with Gasteiger partial charge in [-0.2, -0.15) is 5.26 Å². The molecule has 0 saturated heterocycles. The number of para-hydroxylation sites is 2. The van der Waals surface area contributed by atoms with Crippen molar-refractivity contribution in [2.75, 3.05) is 17.2 Å². The van der Waals surface area contributed by atoms with Crippen LogP contribution in [0.5, 0.6) is 0 Å². The lowest BCUT2D eigenvalue weighted by Crippen LogP contribution is -2.16. The number of nitriles is 1. The maximum Gasteiger partial charge on any atom is 0.340 e. The third-order valence-corrected chi connectivity index (χ3v) is 4.00. The number of hydrogen-bond acceptors (Lipinski definition) is 6. The van der Waals surface area contributed by atoms with Crippen LogP contribution in [0.4, 0.5) is 17.1 Å². The van der Waals surface area contributed by atoms with Crippen LogP contribution in [0.15, 0.2) is 67.0 Å². The minimum atomic E-state index is -0.509. The van der Waals surface area contributed by atoms with Crippen LogP contribution in [0.25, 0.3) is 0 Å². The van der Waals surface area contributed by atoms with Crippen molar-refractivity contribution in [3.8, 4) is 6.07 Å². The number of hydrogen-bond donors (Lipinski definition) is 2. The Labute approximate surface area is 168 Å². The van der Waals surface area contributed by atoms with Gasteiger partial charge in [-0.1, -0.05) is 24.3 Å². The average molecular weight is 386 g/mol. The van der Waals surface area contributed by atoms with Crippen LogP contribution in [-0.2, 0) is 4.74 Å². The number of carbonyl (C=O) groups excluding carboxylic acids is 2. The van der Waals surface area contributed by atoms with Crippen molar-refractivity contribution in [1.82, 2.24) is 4.98 Å². The van der Waals surface area contributed by atoms with Gasteiger partial charge in [0.25, 0.3) is 5.91 Å². The summed E-state index contributed by atoms with van der Waals surface area (Å²) < 4.78 is 5.02. The molecule has 0 fully saturated rings. The van der Waals surface area contributed by atoms with E-state index in [2.05, 4.69) is 21.7 Å². The fourth-order valence-corrected chi connectivity index (χ4v) is 2.65. The van der Waals surface area contributed by atoms with Crippen molar-refractivity contribution in [2.24, 2.45) is 0 Å². The van der Waals surface area contributed by atoms with Crippen molar-refractivity contribution >= 4 is 28.9 Å². The van der Waals surface area contributed by atoms with Crippen molar-refractivity contribution < 1.29 is 14.3 Å². The van der Waals surface area contributed by atoms with Crippen LogP contribution in [-0.4, -0.2) is 23.5 Å². The first-order valence-corrected chi connectivity index (χ1v) is 8.91. The highest BCUT2D eigenvalue weighted by Gasteiger charge is 2.15. The van der Waals surface area contributed by atoms with Gasteiger partial charge in [0.1, 0.15) is 6.07 Å². The molecule has 1 amide bonds. The number of esters is 1. The van der Waals surface area contributed by atoms with E-state index in [0.29, 0.717) is 28.2 Å². The smallest absolute Gasteiger partial charge is 0.340 e. The third kappa shape index (κ3) is 4.76. The number of amides is 1. The molecule has 0 aliphatic heterocycles. The number of aromatic nitrogens is 1. The van der Waals surface area contributed by atoms with Crippen LogP contribution in [0.1, 0.15) is 33.2 Å². The maximum atomic E-state index is 12.7. The predicted molar refractivity (Wildman–Crippen MR) is 109 cm³/mol. The zero-order valence-corrected chi connectivity index (χ0v) is 15.7. The summed E-state index contributed by atoms with van der Waals surface area (Å²) in [6.45, 7) is 1.96. The fraction of sp³-hybridized carbons (Fsp3) is 0.0909. The molecule has 0 atom stereocenters. The Balaban J connectivity index is 1.81. The minimum absolute atomic E-state index is 0.239. The molecule has 0 bridgehead atoms. The summed E-state index contributed by atoms with van der Waals surface area (Å²) in [6.07, 6.45) is 2.97. The first-order chi connectivity index (χ1) is 14.1. The minimum Gasteiger partial charge on any atom is -0.462 e. The van der Waals surface area contributed by atoms with Gasteiger partial charge in [-0.3, -0.25) is 9.78 Å². The highest BCUT2D eigenvalue weighted by molar-refractivity contribution is 6.08. The normalized spacial score (nSPS) is 9.93. The maximum absolute atomic E-state index is 12.7. The Bertz CT molecular complexity index is 1090. The van der Waals surface area contributed by atoms with Gasteiger partial charge in [0.05, 0.1) is 46.6 Å². The van der Waals surface area contributed by atoms with Crippen molar-refractivity contribution in [2.45, 2.75) is 6.92 Å². The topological polar surface area (TPSA) is 104 Å². The Morgan fingerprint density at radius 1 is 1.07 bits per heavy atom. The molecule has 7 heteroatoms. The molecule has 0 saturated carbocycles. The summed E-state index contributed by atoms with van der Waals surface area (Å²) in [4.78, 5) is 28.9. The van der Waals surface area contributed by atoms with Gasteiger partial charge in [-0.05, 0) is 37.3 Å². The van der Waals surface area contributed by atoms with E-state index in [1.165, 1.54) is 6.20 Å². The van der Waals surface area contributed by atoms with Crippen molar-refractivity contribution in [3.05, 3.63) is 83.7 Å². The molecule has 144 valence electrons. The molecule has 1 heterocycles. The summed E-state index contributed by atoms with van der Waals surface area (Å²) >= 11 is 0. The molecular weight excluding hydrogens is 368 g/mol. The standard InChI is InChI=1S/C22H18N4O3/c1-2-29-22(28)18-8-4-6-10-20(18)26-21(27)16-11-17(14-24-13-16)25-19-9-5-3-7-15(19)12-23/h3-11,13-14,25H,2H2,1H3,(H,26,27). The molecule has 0 spiro atoms. The number of nitrogens with zero attached hydrogens (tertiary/aromatic N) is 2. The van der Waals surface area contributed by atoms with Crippen LogP contribution in [0.2, 0.25) is 0 Å². The molecule has 0 radical (unpaired) electrons. The third-order valence-electron chi connectivity index (χ3n) is 4.00. The van der Waals surface area contributed by atoms with E-state index in [-0.39, 0.29) is 12.2 Å². The van der Waals surface area contributed by atoms with Gasteiger partial charge in [-0.25, -0.2) is 4.79 Å². The van der Waals surface area contributed by atoms with Gasteiger partial charge in [0, 0.05) is 6.20 Å². The van der Waals surface area contributed by atoms with Gasteiger partial charge in [-0.15, -0.1) is 0 Å². The number of benzene rings is 2. The number of carbonyl (C=O) groups is 2. The highest BCUT2D eigenvalue weighted by Crippen LogP contribution is 2.21. The van der Waals surface area contributed by atoms with E-state index in [9.17, 15) is 14.9 Å². The average Bonchev–Trinajstić information content (AvgIpc) is 2.75. The zero-order valence-electron chi connectivity index (χ0n) is 15.7. The summed E-state index contributed by atoms with van der Waals surface area (Å²) in [6, 6.07) is 17.4. The molecule has 2 aromatic carbocycles. The second-order valence-corrected chi connectivity index (χ2v) is 5.96. The predicted octanol–water partition coefficient (Wildman–Crippen LogP) is 4.13. The number of ether oxygens (including phenoxy) is 1. The largest absolute Gasteiger partial charge is 0.462 e. The summed E-state index contributed by atoms with van der Waals surface area (Å²) in [5.41, 5.74) is 2.56. The molecule has 0 aliphatic carbocycles. The van der Waals surface area contributed by atoms with Crippen LogP contribution < -0.4 is 10.6 Å². The lowest BCUT2D eigenvalue weighted by atomic mass is 10.1. The van der Waals surface area contributed by atoms with E-state index in [1.54, 1.807) is 67.7 Å². The summed E-state index contributed by atoms with van der Waals surface area (Å²) in [5, 5.41) is 15.0. The molecular formula is C22H18N4O3. The molecule has 3 aromatic rings. The van der Waals surface area contributed by atoms with Crippen molar-refractivity contribution in [3.63, 3.8) is 0 Å². The second-order valence-electron chi connectivity index (χ2n) is 5.96. The molecule has 1 aromatic heterocycles. The first kappa shape index (κ1) is 19.6. The zero-order chi connectivity index (χ0) is 20.6. The SMILES string of the molecule is CCOC(=O)c1ccccc1NC(=O)c1cncc(Nc2ccccc2C#N)c1. The van der Waals surface area contributed by atoms with E-state index < -0.39 is 11.9 Å². The van der Waals surface area contributed by atoms with Crippen LogP contribution in [0.3, 0.4) is 0 Å². The van der Waals surface area contributed by atoms with Crippen molar-refractivity contribution in [1.29, 1.82) is 5.26 Å². The van der Waals surface area contributed by atoms with Gasteiger partial charge in [0.2, 0.25) is 0 Å². The van der Waals surface area contributed by atoms with Crippen LogP contribution in [0, 0.1) is 11.3 Å². The molecule has 29 heavy (non-hydrogen) atoms. The van der Waals surface area contributed by atoms with Gasteiger partial charge < -0.3 is 15.4 Å². The number of rotatable bonds is 6. The molecule has 0 aliphatic rings. The Kier molecular flexibility index (Phi) is 6.18. The Morgan fingerprint density at radius 3 is 2.55 bits per heavy atom. The Hall–Kier alpha value is -4.18. The highest BCUT2D eigenvalue weighted by atomic mass is 16.5. The molecule has 7 nitrogen and oxygen atoms in total. The number of pyridine rings is 1. The quantitative estimate of drug-likeness (QED) is 0.618. The van der Waals surface area contributed by atoms with E-state index in [0.717, 1.165) is 0 Å². The molecule has 3 rings (SSSR count). The first-order valence-electron chi connectivity index (χ1n) is 8.91. The molecule has 2 N–H and O–H groups in total. The van der Waals surface area contributed by atoms with Crippen LogP contribution >= 0.6 is 0 Å². The van der Waals surface area contributed by atoms with E-state index >= 15 is 0 Å². The summed E-state index contributed by atoms with van der Waals surface area (Å²) in [7, 11) is 0. The van der Waals surface area contributed by atoms with E-state index in [4.69, 9.17) is 4.74 Å². The van der Waals surface area contributed by atoms with E-state index in [1.807, 2.05) is 0 Å². The second kappa shape index (κ2) is 9.15. The lowest BCUT2D eigenvalue weighted by Gasteiger charge is -2.11. The van der Waals surface area contributed by atoms with Gasteiger partial charge in [0.15, 0.2) is 0 Å². The Morgan fingerprint density at radius 2 is 1.79 bits per heavy atom. The lowest BCUT2D eigenvalue weighted by molar-refractivity contribution is 0.0527. The number of nitrogens with one attached hydrogen (secondary N) is 2. The fourth-order valence-electron chi connectivity index (χ4n) is 2.65. The monoisotopic (exact) mass is 386 g/mol.